The van der Waals surface area contributed by atoms with E-state index in [1.54, 1.807) is 18.2 Å². The van der Waals surface area contributed by atoms with Gasteiger partial charge in [0, 0.05) is 23.9 Å². The molecule has 4 rings (SSSR count). The highest BCUT2D eigenvalue weighted by Gasteiger charge is 2.27. The third kappa shape index (κ3) is 4.78. The van der Waals surface area contributed by atoms with Crippen molar-refractivity contribution >= 4 is 63.8 Å². The van der Waals surface area contributed by atoms with E-state index in [9.17, 15) is 14.4 Å². The van der Waals surface area contributed by atoms with Gasteiger partial charge >= 0.3 is 0 Å². The normalized spacial score (nSPS) is 10.6. The van der Waals surface area contributed by atoms with Gasteiger partial charge in [-0.3, -0.25) is 19.3 Å². The Morgan fingerprint density at radius 3 is 2.30 bits per heavy atom. The number of hydrogen-bond donors (Lipinski definition) is 2. The van der Waals surface area contributed by atoms with Crippen molar-refractivity contribution in [2.24, 2.45) is 0 Å². The summed E-state index contributed by atoms with van der Waals surface area (Å²) in [5, 5.41) is 6.72. The molecule has 0 radical (unpaired) electrons. The van der Waals surface area contributed by atoms with E-state index in [0.717, 1.165) is 0 Å². The highest BCUT2D eigenvalue weighted by atomic mass is 35.5. The van der Waals surface area contributed by atoms with Gasteiger partial charge in [0.05, 0.1) is 32.0 Å². The fraction of sp³-hybridized carbons (Fsp3) is 0. The quantitative estimate of drug-likeness (QED) is 0.371. The topological polar surface area (TPSA) is 108 Å². The van der Waals surface area contributed by atoms with Gasteiger partial charge in [0.2, 0.25) is 5.56 Å². The molecule has 8 nitrogen and oxygen atoms in total. The second-order valence-electron chi connectivity index (χ2n) is 6.66. The van der Waals surface area contributed by atoms with Gasteiger partial charge in [-0.15, -0.1) is 0 Å². The largest absolute Gasteiger partial charge is 0.363 e. The molecule has 0 unspecified atom stereocenters. The van der Waals surface area contributed by atoms with Crippen molar-refractivity contribution in [3.05, 3.63) is 104 Å². The summed E-state index contributed by atoms with van der Waals surface area (Å²) >= 11 is 19.3. The van der Waals surface area contributed by atoms with Crippen LogP contribution in [0.3, 0.4) is 0 Å². The maximum Gasteiger partial charge on any atom is 0.264 e. The second kappa shape index (κ2) is 9.50. The third-order valence-electron chi connectivity index (χ3n) is 4.52. The van der Waals surface area contributed by atoms with Crippen LogP contribution in [0.5, 0.6) is 0 Å². The number of benzene rings is 2. The van der Waals surface area contributed by atoms with Crippen molar-refractivity contribution in [3.8, 4) is 0 Å². The highest BCUT2D eigenvalue weighted by Crippen LogP contribution is 2.41. The minimum Gasteiger partial charge on any atom is -0.363 e. The summed E-state index contributed by atoms with van der Waals surface area (Å²) in [6.07, 6.45) is 2.57. The Balaban J connectivity index is 1.85. The lowest BCUT2D eigenvalue weighted by Gasteiger charge is -2.26. The van der Waals surface area contributed by atoms with Gasteiger partial charge < -0.3 is 14.8 Å². The summed E-state index contributed by atoms with van der Waals surface area (Å²) < 4.78 is 4.71. The number of pyridine rings is 1. The van der Waals surface area contributed by atoms with E-state index >= 15 is 0 Å². The van der Waals surface area contributed by atoms with Crippen molar-refractivity contribution < 1.29 is 14.1 Å². The van der Waals surface area contributed by atoms with Crippen LogP contribution in [-0.2, 0) is 0 Å². The molecule has 0 saturated heterocycles. The number of carbonyl (C=O) groups is 2. The van der Waals surface area contributed by atoms with Gasteiger partial charge in [-0.05, 0) is 36.4 Å². The van der Waals surface area contributed by atoms with E-state index in [4.69, 9.17) is 39.3 Å². The molecule has 0 aliphatic rings. The molecule has 33 heavy (non-hydrogen) atoms. The van der Waals surface area contributed by atoms with Crippen LogP contribution in [-0.4, -0.2) is 22.0 Å². The zero-order valence-electron chi connectivity index (χ0n) is 16.5. The fourth-order valence-corrected chi connectivity index (χ4v) is 3.77. The molecule has 0 aliphatic carbocycles. The number of anilines is 3. The van der Waals surface area contributed by atoms with Gasteiger partial charge in [0.1, 0.15) is 6.26 Å². The number of para-hydroxylation sites is 1. The van der Waals surface area contributed by atoms with Crippen molar-refractivity contribution in [1.29, 1.82) is 0 Å². The third-order valence-corrected chi connectivity index (χ3v) is 5.45. The maximum absolute atomic E-state index is 13.6. The van der Waals surface area contributed by atoms with Crippen LogP contribution in [0.15, 0.2) is 76.4 Å². The number of rotatable bonds is 5. The average molecular weight is 504 g/mol. The number of carbonyl (C=O) groups excluding carboxylic acids is 2. The first-order chi connectivity index (χ1) is 15.8. The van der Waals surface area contributed by atoms with Crippen molar-refractivity contribution in [1.82, 2.24) is 10.1 Å². The number of amides is 2. The Morgan fingerprint density at radius 2 is 1.67 bits per heavy atom. The van der Waals surface area contributed by atoms with Crippen LogP contribution in [0.4, 0.5) is 17.2 Å². The van der Waals surface area contributed by atoms with Crippen molar-refractivity contribution in [2.45, 2.75) is 0 Å². The standard InChI is InChI=1S/C22H13Cl3N4O4/c23-14-6-4-12(21(31)27-18-8-9-33-28-18)10-17(14)29(20-15(24)2-1-3-16(20)25)22(32)13-5-7-19(30)26-11-13/h1-11H,(H,26,30)(H,27,28,31). The van der Waals surface area contributed by atoms with E-state index in [1.807, 2.05) is 0 Å². The lowest BCUT2D eigenvalue weighted by atomic mass is 10.1. The first-order valence-corrected chi connectivity index (χ1v) is 10.5. The Hall–Kier alpha value is -3.59. The number of halogens is 3. The maximum atomic E-state index is 13.6. The predicted molar refractivity (Wildman–Crippen MR) is 126 cm³/mol. The fourth-order valence-electron chi connectivity index (χ4n) is 3.00. The van der Waals surface area contributed by atoms with Crippen molar-refractivity contribution in [3.63, 3.8) is 0 Å². The monoisotopic (exact) mass is 502 g/mol. The van der Waals surface area contributed by atoms with Gasteiger partial charge in [-0.2, -0.15) is 0 Å². The van der Waals surface area contributed by atoms with Crippen LogP contribution in [0.1, 0.15) is 20.7 Å². The lowest BCUT2D eigenvalue weighted by Crippen LogP contribution is -2.28. The average Bonchev–Trinajstić information content (AvgIpc) is 3.30. The zero-order chi connectivity index (χ0) is 23.5. The summed E-state index contributed by atoms with van der Waals surface area (Å²) in [7, 11) is 0. The van der Waals surface area contributed by atoms with Crippen LogP contribution >= 0.6 is 34.8 Å². The zero-order valence-corrected chi connectivity index (χ0v) is 18.8. The predicted octanol–water partition coefficient (Wildman–Crippen LogP) is 5.55. The van der Waals surface area contributed by atoms with E-state index < -0.39 is 11.8 Å². The molecule has 4 aromatic rings. The Morgan fingerprint density at radius 1 is 0.939 bits per heavy atom. The number of H-pyrrole nitrogens is 1. The van der Waals surface area contributed by atoms with E-state index in [-0.39, 0.29) is 48.9 Å². The van der Waals surface area contributed by atoms with Gasteiger partial charge in [0.25, 0.3) is 11.8 Å². The van der Waals surface area contributed by atoms with E-state index in [0.29, 0.717) is 0 Å². The summed E-state index contributed by atoms with van der Waals surface area (Å²) in [6.45, 7) is 0. The van der Waals surface area contributed by atoms with Crippen LogP contribution in [0.25, 0.3) is 0 Å². The summed E-state index contributed by atoms with van der Waals surface area (Å²) in [6, 6.07) is 13.2. The molecule has 2 amide bonds. The van der Waals surface area contributed by atoms with Gasteiger partial charge in [0.15, 0.2) is 5.82 Å². The number of nitrogens with zero attached hydrogens (tertiary/aromatic N) is 2. The van der Waals surface area contributed by atoms with Crippen molar-refractivity contribution in [2.75, 3.05) is 10.2 Å². The molecule has 2 N–H and O–H groups in total. The summed E-state index contributed by atoms with van der Waals surface area (Å²) in [5.74, 6) is -0.882. The van der Waals surface area contributed by atoms with E-state index in [2.05, 4.69) is 15.5 Å². The minimum absolute atomic E-state index is 0.138. The molecule has 11 heteroatoms. The number of aromatic nitrogens is 2. The smallest absolute Gasteiger partial charge is 0.264 e. The number of hydrogen-bond acceptors (Lipinski definition) is 5. The Bertz CT molecular complexity index is 1360. The number of aromatic amines is 1. The molecule has 0 spiro atoms. The lowest BCUT2D eigenvalue weighted by molar-refractivity contribution is 0.0994. The molecule has 2 heterocycles. The summed E-state index contributed by atoms with van der Waals surface area (Å²) in [4.78, 5) is 41.4. The molecule has 0 atom stereocenters. The molecule has 166 valence electrons. The summed E-state index contributed by atoms with van der Waals surface area (Å²) in [5.41, 5.74) is 0.251. The highest BCUT2D eigenvalue weighted by molar-refractivity contribution is 6.41. The van der Waals surface area contributed by atoms with E-state index in [1.165, 1.54) is 53.8 Å². The second-order valence-corrected chi connectivity index (χ2v) is 7.88. The Kier molecular flexibility index (Phi) is 6.50. The molecular formula is C22H13Cl3N4O4. The first kappa shape index (κ1) is 22.6. The van der Waals surface area contributed by atoms with Gasteiger partial charge in [-0.1, -0.05) is 46.0 Å². The van der Waals surface area contributed by atoms with Crippen LogP contribution in [0, 0.1) is 0 Å². The van der Waals surface area contributed by atoms with Crippen LogP contribution in [0.2, 0.25) is 15.1 Å². The molecule has 2 aromatic carbocycles. The molecule has 2 aromatic heterocycles. The molecule has 0 saturated carbocycles. The SMILES string of the molecule is O=C(Nc1ccon1)c1ccc(Cl)c(N(C(=O)c2ccc(=O)[nH]c2)c2c(Cl)cccc2Cl)c1. The molecule has 0 fully saturated rings. The Labute approximate surface area is 201 Å². The molecular weight excluding hydrogens is 491 g/mol. The van der Waals surface area contributed by atoms with Crippen LogP contribution < -0.4 is 15.8 Å². The van der Waals surface area contributed by atoms with Gasteiger partial charge in [-0.25, -0.2) is 0 Å². The molecule has 0 aliphatic heterocycles. The first-order valence-electron chi connectivity index (χ1n) is 9.33. The number of nitrogens with one attached hydrogen (secondary N) is 2. The minimum atomic E-state index is -0.586. The molecule has 0 bridgehead atoms.